The van der Waals surface area contributed by atoms with E-state index >= 15 is 0 Å². The summed E-state index contributed by atoms with van der Waals surface area (Å²) >= 11 is 0. The number of aliphatic hydroxyl groups excluding tert-OH is 1. The molecule has 5 N–H and O–H groups in total. The Morgan fingerprint density at radius 1 is 0.821 bits per heavy atom. The molecular formula is C44H56N6O6. The smallest absolute Gasteiger partial charge is 0.405 e. The Morgan fingerprint density at radius 3 is 2.07 bits per heavy atom. The fourth-order valence-corrected chi connectivity index (χ4v) is 7.49. The minimum atomic E-state index is -1.33. The normalized spacial score (nSPS) is 16.4. The largest absolute Gasteiger partial charge is 0.465 e. The van der Waals surface area contributed by atoms with Crippen LogP contribution >= 0.6 is 0 Å². The highest BCUT2D eigenvalue weighted by Crippen LogP contribution is 2.26. The van der Waals surface area contributed by atoms with Gasteiger partial charge in [-0.1, -0.05) is 120 Å². The summed E-state index contributed by atoms with van der Waals surface area (Å²) in [5.41, 5.74) is 2.90. The van der Waals surface area contributed by atoms with Crippen molar-refractivity contribution in [3.05, 3.63) is 114 Å². The van der Waals surface area contributed by atoms with Crippen molar-refractivity contribution in [3.8, 4) is 0 Å². The summed E-state index contributed by atoms with van der Waals surface area (Å²) in [6.45, 7) is 10.5. The Morgan fingerprint density at radius 2 is 1.45 bits per heavy atom. The number of para-hydroxylation sites is 1. The van der Waals surface area contributed by atoms with Crippen molar-refractivity contribution in [1.82, 2.24) is 30.7 Å². The third kappa shape index (κ3) is 10.8. The summed E-state index contributed by atoms with van der Waals surface area (Å²) < 4.78 is 0. The van der Waals surface area contributed by atoms with Gasteiger partial charge in [0.15, 0.2) is 0 Å². The van der Waals surface area contributed by atoms with E-state index in [1.807, 2.05) is 105 Å². The molecule has 1 aliphatic rings. The van der Waals surface area contributed by atoms with Crippen molar-refractivity contribution in [2.75, 3.05) is 13.1 Å². The first-order valence-corrected chi connectivity index (χ1v) is 19.5. The fraction of sp³-hybridized carbons (Fsp3) is 0.432. The molecule has 0 radical (unpaired) electrons. The number of hydrogen-bond acceptors (Lipinski definition) is 6. The summed E-state index contributed by atoms with van der Waals surface area (Å²) in [6.07, 6.45) is 0.679. The second kappa shape index (κ2) is 18.9. The van der Waals surface area contributed by atoms with E-state index in [2.05, 4.69) is 20.9 Å². The van der Waals surface area contributed by atoms with E-state index in [1.165, 1.54) is 0 Å². The molecule has 2 heterocycles. The molecule has 56 heavy (non-hydrogen) atoms. The van der Waals surface area contributed by atoms with Gasteiger partial charge in [0.2, 0.25) is 11.8 Å². The number of urea groups is 1. The molecule has 5 amide bonds. The molecule has 1 aromatic heterocycles. The topological polar surface area (TPSA) is 164 Å². The van der Waals surface area contributed by atoms with Gasteiger partial charge in [-0.2, -0.15) is 0 Å². The number of carboxylic acid groups (broad SMARTS) is 1. The third-order valence-corrected chi connectivity index (χ3v) is 10.7. The lowest BCUT2D eigenvalue weighted by Crippen LogP contribution is -2.58. The van der Waals surface area contributed by atoms with Crippen LogP contribution in [0.25, 0.3) is 10.9 Å². The highest BCUT2D eigenvalue weighted by Gasteiger charge is 2.41. The minimum Gasteiger partial charge on any atom is -0.465 e. The molecule has 0 saturated carbocycles. The molecule has 298 valence electrons. The van der Waals surface area contributed by atoms with E-state index in [4.69, 9.17) is 0 Å². The number of rotatable bonds is 17. The van der Waals surface area contributed by atoms with Crippen LogP contribution in [0.5, 0.6) is 0 Å². The zero-order valence-corrected chi connectivity index (χ0v) is 33.0. The van der Waals surface area contributed by atoms with Crippen molar-refractivity contribution < 1.29 is 29.4 Å². The van der Waals surface area contributed by atoms with Gasteiger partial charge < -0.3 is 36.0 Å². The molecule has 0 bridgehead atoms. The molecular weight excluding hydrogens is 709 g/mol. The van der Waals surface area contributed by atoms with E-state index in [-0.39, 0.29) is 30.7 Å². The quantitative estimate of drug-likeness (QED) is 0.0911. The number of nitrogens with one attached hydrogen (secondary N) is 3. The molecule has 1 aliphatic heterocycles. The summed E-state index contributed by atoms with van der Waals surface area (Å²) in [4.78, 5) is 61.8. The Hall–Kier alpha value is -5.49. The average molecular weight is 765 g/mol. The molecule has 6 atom stereocenters. The molecule has 5 rings (SSSR count). The van der Waals surface area contributed by atoms with E-state index in [0.29, 0.717) is 32.5 Å². The number of carbonyl (C=O) groups excluding carboxylic acids is 3. The Labute approximate surface area is 329 Å². The highest BCUT2D eigenvalue weighted by atomic mass is 16.4. The fourth-order valence-electron chi connectivity index (χ4n) is 7.49. The van der Waals surface area contributed by atoms with Crippen LogP contribution in [-0.4, -0.2) is 92.3 Å². The standard InChI is InChI=1S/C44H56N6O6/c1-6-29(2)38(50-24-23-49(43(50)56)28-32-21-22-45-35-20-14-13-19-34(32)35)40(52)46-33(25-30-15-9-7-10-16-30)27-37(51)36(26-31-17-11-8-12-18-31)47-41(53)39(44(3,4)5)48-42(54)55/h7-22,29,33,36-39,48,51H,6,23-28H2,1-5H3,(H,46,52)(H,47,53)(H,54,55)/t29?,33-,36-,37-,38-,39+/m0/s1. The molecule has 12 heteroatoms. The zero-order chi connectivity index (χ0) is 40.4. The predicted molar refractivity (Wildman–Crippen MR) is 217 cm³/mol. The lowest BCUT2D eigenvalue weighted by atomic mass is 9.85. The molecule has 4 aromatic rings. The van der Waals surface area contributed by atoms with Crippen LogP contribution in [0, 0.1) is 11.3 Å². The maximum Gasteiger partial charge on any atom is 0.405 e. The second-order valence-corrected chi connectivity index (χ2v) is 16.0. The number of nitrogens with zero attached hydrogens (tertiary/aromatic N) is 3. The molecule has 1 unspecified atom stereocenters. The van der Waals surface area contributed by atoms with Gasteiger partial charge in [0, 0.05) is 37.3 Å². The van der Waals surface area contributed by atoms with Crippen molar-refractivity contribution >= 4 is 34.8 Å². The number of pyridine rings is 1. The lowest BCUT2D eigenvalue weighted by Gasteiger charge is -2.35. The summed E-state index contributed by atoms with van der Waals surface area (Å²) in [5, 5.41) is 31.0. The molecule has 1 saturated heterocycles. The van der Waals surface area contributed by atoms with E-state index < -0.39 is 47.7 Å². The van der Waals surface area contributed by atoms with Crippen molar-refractivity contribution in [1.29, 1.82) is 0 Å². The summed E-state index contributed by atoms with van der Waals surface area (Å²) in [5.74, 6) is -1.03. The van der Waals surface area contributed by atoms with Gasteiger partial charge in [0.1, 0.15) is 12.1 Å². The van der Waals surface area contributed by atoms with Crippen molar-refractivity contribution in [2.24, 2.45) is 11.3 Å². The first kappa shape index (κ1) is 41.7. The third-order valence-electron chi connectivity index (χ3n) is 10.7. The molecule has 1 fully saturated rings. The zero-order valence-electron chi connectivity index (χ0n) is 33.0. The lowest BCUT2D eigenvalue weighted by molar-refractivity contribution is -0.129. The van der Waals surface area contributed by atoms with Crippen molar-refractivity contribution in [2.45, 2.75) is 97.1 Å². The number of fused-ring (bicyclic) bond motifs is 1. The van der Waals surface area contributed by atoms with Crippen LogP contribution in [0.4, 0.5) is 9.59 Å². The summed E-state index contributed by atoms with van der Waals surface area (Å²) in [7, 11) is 0. The average Bonchev–Trinajstić information content (AvgIpc) is 3.52. The first-order chi connectivity index (χ1) is 26.7. The Balaban J connectivity index is 1.38. The molecule has 0 aliphatic carbocycles. The van der Waals surface area contributed by atoms with Crippen molar-refractivity contribution in [3.63, 3.8) is 0 Å². The predicted octanol–water partition coefficient (Wildman–Crippen LogP) is 5.78. The first-order valence-electron chi connectivity index (χ1n) is 19.5. The Kier molecular flexibility index (Phi) is 14.1. The maximum atomic E-state index is 14.5. The van der Waals surface area contributed by atoms with Gasteiger partial charge in [-0.15, -0.1) is 0 Å². The van der Waals surface area contributed by atoms with Crippen LogP contribution in [0.3, 0.4) is 0 Å². The van der Waals surface area contributed by atoms with Crippen LogP contribution in [0.2, 0.25) is 0 Å². The maximum absolute atomic E-state index is 14.5. The van der Waals surface area contributed by atoms with E-state index in [9.17, 15) is 29.4 Å². The van der Waals surface area contributed by atoms with Gasteiger partial charge in [-0.05, 0) is 59.4 Å². The Bertz CT molecular complexity index is 1930. The van der Waals surface area contributed by atoms with Gasteiger partial charge in [0.05, 0.1) is 17.7 Å². The van der Waals surface area contributed by atoms with Crippen LogP contribution in [0.15, 0.2) is 97.2 Å². The van der Waals surface area contributed by atoms with Crippen LogP contribution in [0.1, 0.15) is 64.2 Å². The summed E-state index contributed by atoms with van der Waals surface area (Å²) in [6, 6.07) is 25.4. The molecule has 3 aromatic carbocycles. The number of hydrogen-bond donors (Lipinski definition) is 5. The monoisotopic (exact) mass is 764 g/mol. The van der Waals surface area contributed by atoms with Gasteiger partial charge in [-0.25, -0.2) is 9.59 Å². The SMILES string of the molecule is CCC(C)[C@@H](C(=O)N[C@@H](Cc1ccccc1)C[C@H](O)[C@H](Cc1ccccc1)NC(=O)[C@@H](NC(=O)O)C(C)(C)C)N1CCN(Cc2ccnc3ccccc23)C1=O. The van der Waals surface area contributed by atoms with E-state index in [0.717, 1.165) is 27.6 Å². The number of aromatic nitrogens is 1. The number of carbonyl (C=O) groups is 4. The van der Waals surface area contributed by atoms with Gasteiger partial charge in [0.25, 0.3) is 0 Å². The number of amides is 5. The highest BCUT2D eigenvalue weighted by molar-refractivity contribution is 5.89. The molecule has 12 nitrogen and oxygen atoms in total. The van der Waals surface area contributed by atoms with Gasteiger partial charge in [-0.3, -0.25) is 14.6 Å². The minimum absolute atomic E-state index is 0.0768. The second-order valence-electron chi connectivity index (χ2n) is 16.0. The van der Waals surface area contributed by atoms with Crippen LogP contribution < -0.4 is 16.0 Å². The van der Waals surface area contributed by atoms with E-state index in [1.54, 1.807) is 36.8 Å². The number of benzene rings is 3. The molecule has 0 spiro atoms. The number of aliphatic hydroxyl groups is 1. The van der Waals surface area contributed by atoms with Gasteiger partial charge >= 0.3 is 12.1 Å². The van der Waals surface area contributed by atoms with Crippen LogP contribution in [-0.2, 0) is 29.0 Å².